The number of benzene rings is 4. The van der Waals surface area contributed by atoms with Gasteiger partial charge in [0.1, 0.15) is 16.6 Å². The molecule has 40 heavy (non-hydrogen) atoms. The van der Waals surface area contributed by atoms with Crippen LogP contribution in [0.25, 0.3) is 60.7 Å². The highest BCUT2D eigenvalue weighted by molar-refractivity contribution is 6.15. The van der Waals surface area contributed by atoms with Gasteiger partial charge in [-0.1, -0.05) is 117 Å². The Bertz CT molecular complexity index is 1980. The lowest BCUT2D eigenvalue weighted by molar-refractivity contribution is -0.735. The predicted octanol–water partition coefficient (Wildman–Crippen LogP) is 8.90. The Balaban J connectivity index is 1.69. The van der Waals surface area contributed by atoms with Gasteiger partial charge in [-0.05, 0) is 46.7 Å². The van der Waals surface area contributed by atoms with Gasteiger partial charge in [0, 0.05) is 22.0 Å². The largest absolute Gasteiger partial charge is 0.250 e. The van der Waals surface area contributed by atoms with Crippen molar-refractivity contribution in [3.8, 4) is 33.4 Å². The summed E-state index contributed by atoms with van der Waals surface area (Å²) in [5, 5.41) is 2.40. The Labute approximate surface area is 235 Å². The fourth-order valence-corrected chi connectivity index (χ4v) is 6.19. The van der Waals surface area contributed by atoms with E-state index in [4.69, 9.17) is 4.98 Å². The van der Waals surface area contributed by atoms with Crippen molar-refractivity contribution >= 4 is 27.3 Å². The maximum absolute atomic E-state index is 5.23. The standard InChI is InChI=1S/C37H32N3/c1-24(2)33-22-25(3)36-35(38-33)30-18-11-12-19-31(30)37-32(23-39(4)40(36)37)34-28(26-14-7-5-8-15-26)20-13-21-29(34)27-16-9-6-10-17-27/h5-24H,1-4H3/q+1. The number of nitrogens with zero attached hydrogens (tertiary/aromatic N) is 3. The smallest absolute Gasteiger partial charge is 0.204 e. The molecule has 0 atom stereocenters. The first kappa shape index (κ1) is 24.3. The second-order valence-corrected chi connectivity index (χ2v) is 11.0. The van der Waals surface area contributed by atoms with E-state index in [0.717, 1.165) is 16.7 Å². The molecule has 3 nitrogen and oxygen atoms in total. The van der Waals surface area contributed by atoms with Crippen molar-refractivity contribution in [1.29, 1.82) is 0 Å². The van der Waals surface area contributed by atoms with E-state index in [2.05, 4.69) is 152 Å². The maximum Gasteiger partial charge on any atom is 0.204 e. The third-order valence-corrected chi connectivity index (χ3v) is 8.05. The number of fused-ring (bicyclic) bond motifs is 6. The van der Waals surface area contributed by atoms with Gasteiger partial charge in [0.15, 0.2) is 7.05 Å². The fourth-order valence-electron chi connectivity index (χ4n) is 6.19. The summed E-state index contributed by atoms with van der Waals surface area (Å²) < 4.78 is 4.61. The average molecular weight is 519 g/mol. The van der Waals surface area contributed by atoms with Crippen LogP contribution in [-0.2, 0) is 7.05 Å². The lowest BCUT2D eigenvalue weighted by Gasteiger charge is -2.16. The summed E-state index contributed by atoms with van der Waals surface area (Å²) in [6.07, 6.45) is 2.30. The molecule has 0 bridgehead atoms. The molecule has 0 saturated carbocycles. The molecule has 3 aromatic heterocycles. The second-order valence-electron chi connectivity index (χ2n) is 11.0. The first-order valence-electron chi connectivity index (χ1n) is 14.0. The summed E-state index contributed by atoms with van der Waals surface area (Å²) in [5.41, 5.74) is 13.1. The summed E-state index contributed by atoms with van der Waals surface area (Å²) in [7, 11) is 2.15. The van der Waals surface area contributed by atoms with Gasteiger partial charge in [0.05, 0.1) is 5.56 Å². The molecule has 0 aliphatic heterocycles. The number of aromatic nitrogens is 3. The quantitative estimate of drug-likeness (QED) is 0.168. The van der Waals surface area contributed by atoms with Crippen LogP contribution in [-0.4, -0.2) is 9.50 Å². The van der Waals surface area contributed by atoms with E-state index < -0.39 is 0 Å². The molecule has 4 aromatic carbocycles. The number of pyridine rings is 2. The van der Waals surface area contributed by atoms with Crippen molar-refractivity contribution in [3.63, 3.8) is 0 Å². The zero-order valence-electron chi connectivity index (χ0n) is 23.4. The zero-order chi connectivity index (χ0) is 27.4. The van der Waals surface area contributed by atoms with E-state index in [1.165, 1.54) is 55.2 Å². The molecular formula is C37H32N3+. The van der Waals surface area contributed by atoms with Crippen molar-refractivity contribution in [2.45, 2.75) is 26.7 Å². The highest BCUT2D eigenvalue weighted by Gasteiger charge is 2.26. The second kappa shape index (κ2) is 9.46. The Hall–Kier alpha value is -4.76. The lowest BCUT2D eigenvalue weighted by Crippen LogP contribution is -2.34. The Morgan fingerprint density at radius 2 is 1.23 bits per heavy atom. The lowest BCUT2D eigenvalue weighted by atomic mass is 9.87. The van der Waals surface area contributed by atoms with Crippen molar-refractivity contribution in [2.24, 2.45) is 7.05 Å². The average Bonchev–Trinajstić information content (AvgIpc) is 3.34. The minimum absolute atomic E-state index is 0.359. The van der Waals surface area contributed by atoms with Gasteiger partial charge in [0.2, 0.25) is 6.20 Å². The first-order valence-corrected chi connectivity index (χ1v) is 14.0. The predicted molar refractivity (Wildman–Crippen MR) is 167 cm³/mol. The van der Waals surface area contributed by atoms with Gasteiger partial charge in [-0.2, -0.15) is 0 Å². The molecule has 194 valence electrons. The summed E-state index contributed by atoms with van der Waals surface area (Å²) in [6, 6.07) is 39.2. The third kappa shape index (κ3) is 3.73. The summed E-state index contributed by atoms with van der Waals surface area (Å²) in [5.74, 6) is 0.359. The highest BCUT2D eigenvalue weighted by atomic mass is 15.3. The summed E-state index contributed by atoms with van der Waals surface area (Å²) in [6.45, 7) is 6.65. The highest BCUT2D eigenvalue weighted by Crippen LogP contribution is 2.44. The summed E-state index contributed by atoms with van der Waals surface area (Å²) in [4.78, 5) is 5.23. The minimum Gasteiger partial charge on any atom is -0.250 e. The van der Waals surface area contributed by atoms with Gasteiger partial charge >= 0.3 is 0 Å². The van der Waals surface area contributed by atoms with Gasteiger partial charge in [-0.3, -0.25) is 4.98 Å². The maximum atomic E-state index is 5.23. The molecule has 0 radical (unpaired) electrons. The molecule has 0 unspecified atom stereocenters. The van der Waals surface area contributed by atoms with Gasteiger partial charge in [0.25, 0.3) is 0 Å². The number of hydrogen-bond donors (Lipinski definition) is 0. The van der Waals surface area contributed by atoms with Crippen LogP contribution in [0.1, 0.15) is 31.0 Å². The molecule has 7 aromatic rings. The number of rotatable bonds is 4. The minimum atomic E-state index is 0.359. The molecule has 0 fully saturated rings. The van der Waals surface area contributed by atoms with Gasteiger partial charge < -0.3 is 0 Å². The van der Waals surface area contributed by atoms with Crippen LogP contribution in [0.3, 0.4) is 0 Å². The third-order valence-electron chi connectivity index (χ3n) is 8.05. The summed E-state index contributed by atoms with van der Waals surface area (Å²) >= 11 is 0. The molecule has 0 aliphatic carbocycles. The molecule has 0 aliphatic rings. The van der Waals surface area contributed by atoms with Gasteiger partial charge in [-0.25, -0.2) is 0 Å². The van der Waals surface area contributed by atoms with Crippen LogP contribution in [0.5, 0.6) is 0 Å². The van der Waals surface area contributed by atoms with Crippen LogP contribution >= 0.6 is 0 Å². The van der Waals surface area contributed by atoms with E-state index >= 15 is 0 Å². The molecule has 7 rings (SSSR count). The van der Waals surface area contributed by atoms with E-state index in [1.54, 1.807) is 0 Å². The van der Waals surface area contributed by atoms with E-state index in [9.17, 15) is 0 Å². The van der Waals surface area contributed by atoms with Crippen LogP contribution in [0, 0.1) is 6.92 Å². The van der Waals surface area contributed by atoms with Crippen molar-refractivity contribution in [1.82, 2.24) is 9.50 Å². The van der Waals surface area contributed by atoms with Crippen molar-refractivity contribution < 1.29 is 4.68 Å². The van der Waals surface area contributed by atoms with Crippen LogP contribution in [0.2, 0.25) is 0 Å². The van der Waals surface area contributed by atoms with E-state index in [0.29, 0.717) is 5.92 Å². The fraction of sp³-hybridized carbons (Fsp3) is 0.135. The molecule has 0 amide bonds. The topological polar surface area (TPSA) is 21.2 Å². The van der Waals surface area contributed by atoms with Crippen molar-refractivity contribution in [3.05, 3.63) is 127 Å². The Kier molecular flexibility index (Phi) is 5.74. The monoisotopic (exact) mass is 518 g/mol. The van der Waals surface area contributed by atoms with E-state index in [1.807, 2.05) is 0 Å². The number of aryl methyl sites for hydroxylation is 2. The van der Waals surface area contributed by atoms with Crippen molar-refractivity contribution in [2.75, 3.05) is 0 Å². The van der Waals surface area contributed by atoms with Gasteiger partial charge in [-0.15, -0.1) is 9.20 Å². The molecular weight excluding hydrogens is 486 g/mol. The molecule has 0 N–H and O–H groups in total. The van der Waals surface area contributed by atoms with E-state index in [-0.39, 0.29) is 0 Å². The Morgan fingerprint density at radius 3 is 1.82 bits per heavy atom. The molecule has 3 heteroatoms. The normalized spacial score (nSPS) is 11.7. The SMILES string of the molecule is Cc1cc(C(C)C)nc2c3ccccc3c3c(-c4c(-c5ccccc5)cccc4-c4ccccc4)c[n+](C)n3c12. The van der Waals surface area contributed by atoms with Crippen LogP contribution in [0.15, 0.2) is 115 Å². The number of hydrogen-bond acceptors (Lipinski definition) is 1. The first-order chi connectivity index (χ1) is 19.5. The van der Waals surface area contributed by atoms with Crippen LogP contribution < -0.4 is 4.68 Å². The Morgan fingerprint density at radius 1 is 0.650 bits per heavy atom. The van der Waals surface area contributed by atoms with Crippen LogP contribution in [0.4, 0.5) is 0 Å². The zero-order valence-corrected chi connectivity index (χ0v) is 23.4. The molecule has 0 spiro atoms. The molecule has 3 heterocycles. The molecule has 0 saturated heterocycles.